The average molecular weight is 465 g/mol. The van der Waals surface area contributed by atoms with Gasteiger partial charge in [0.15, 0.2) is 0 Å². The lowest BCUT2D eigenvalue weighted by atomic mass is 10.0. The van der Waals surface area contributed by atoms with Crippen LogP contribution in [0, 0.1) is 0 Å². The van der Waals surface area contributed by atoms with Crippen LogP contribution in [0.2, 0.25) is 0 Å². The highest BCUT2D eigenvalue weighted by Crippen LogP contribution is 2.32. The smallest absolute Gasteiger partial charge is 0.327 e. The summed E-state index contributed by atoms with van der Waals surface area (Å²) in [6, 6.07) is 21.7. The van der Waals surface area contributed by atoms with Crippen LogP contribution in [0.5, 0.6) is 0 Å². The van der Waals surface area contributed by atoms with E-state index in [-0.39, 0.29) is 18.4 Å². The number of amides is 2. The monoisotopic (exact) mass is 465 g/mol. The Morgan fingerprint density at radius 3 is 2.35 bits per heavy atom. The number of carbonyl (C=O) groups excluding carboxylic acids is 2. The first-order chi connectivity index (χ1) is 16.3. The standard InChI is InChI=1S/C26H22F3N3O2/c1-32-21-14-8-6-12-19(21)23(18-10-3-2-4-11-18)31-24(25(32)34)30-22(33)16-15-17-9-5-7-13-20(17)26(27,28)29/h2-14,24H,15-16H2,1H3,(H,30,33)/t24-/m1/s1. The van der Waals surface area contributed by atoms with E-state index < -0.39 is 29.7 Å². The van der Waals surface area contributed by atoms with Crippen LogP contribution < -0.4 is 10.2 Å². The number of benzene rings is 3. The molecule has 3 aromatic carbocycles. The molecule has 0 radical (unpaired) electrons. The molecular formula is C26H22F3N3O2. The second kappa shape index (κ2) is 9.51. The fourth-order valence-corrected chi connectivity index (χ4v) is 3.93. The van der Waals surface area contributed by atoms with E-state index >= 15 is 0 Å². The molecular weight excluding hydrogens is 443 g/mol. The molecule has 4 rings (SSSR count). The largest absolute Gasteiger partial charge is 0.416 e. The summed E-state index contributed by atoms with van der Waals surface area (Å²) in [7, 11) is 1.60. The zero-order valence-electron chi connectivity index (χ0n) is 18.3. The first kappa shape index (κ1) is 23.2. The number of para-hydroxylation sites is 1. The molecule has 1 aliphatic rings. The Morgan fingerprint density at radius 2 is 1.62 bits per heavy atom. The van der Waals surface area contributed by atoms with E-state index in [1.54, 1.807) is 13.1 Å². The first-order valence-electron chi connectivity index (χ1n) is 10.7. The Labute approximate surface area is 194 Å². The Morgan fingerprint density at radius 1 is 0.971 bits per heavy atom. The molecule has 0 spiro atoms. The van der Waals surface area contributed by atoms with Gasteiger partial charge in [-0.15, -0.1) is 0 Å². The van der Waals surface area contributed by atoms with Crippen LogP contribution in [0.1, 0.15) is 28.7 Å². The van der Waals surface area contributed by atoms with Gasteiger partial charge in [-0.2, -0.15) is 13.2 Å². The average Bonchev–Trinajstić information content (AvgIpc) is 2.94. The van der Waals surface area contributed by atoms with Gasteiger partial charge in [-0.05, 0) is 24.1 Å². The maximum atomic E-state index is 13.3. The number of fused-ring (bicyclic) bond motifs is 1. The van der Waals surface area contributed by atoms with Crippen LogP contribution in [0.15, 0.2) is 83.9 Å². The summed E-state index contributed by atoms with van der Waals surface area (Å²) in [6.07, 6.45) is -6.05. The van der Waals surface area contributed by atoms with E-state index in [2.05, 4.69) is 10.3 Å². The topological polar surface area (TPSA) is 61.8 Å². The Balaban J connectivity index is 1.59. The molecule has 1 atom stereocenters. The second-order valence-electron chi connectivity index (χ2n) is 7.88. The van der Waals surface area contributed by atoms with Crippen molar-refractivity contribution in [1.82, 2.24) is 5.32 Å². The number of likely N-dealkylation sites (N-methyl/N-ethyl adjacent to an activating group) is 1. The van der Waals surface area contributed by atoms with Crippen LogP contribution in [0.4, 0.5) is 18.9 Å². The molecule has 5 nitrogen and oxygen atoms in total. The molecule has 0 saturated carbocycles. The van der Waals surface area contributed by atoms with Crippen LogP contribution >= 0.6 is 0 Å². The highest BCUT2D eigenvalue weighted by molar-refractivity contribution is 6.20. The number of anilines is 1. The van der Waals surface area contributed by atoms with Crippen LogP contribution in [0.25, 0.3) is 0 Å². The summed E-state index contributed by atoms with van der Waals surface area (Å²) in [5.74, 6) is -1.01. The number of rotatable bonds is 5. The third kappa shape index (κ3) is 4.85. The number of aryl methyl sites for hydroxylation is 1. The van der Waals surface area contributed by atoms with E-state index in [1.165, 1.54) is 23.1 Å². The Hall–Kier alpha value is -3.94. The normalized spacial score (nSPS) is 15.9. The zero-order chi connectivity index (χ0) is 24.3. The number of benzodiazepines with no additional fused rings is 1. The van der Waals surface area contributed by atoms with Crippen molar-refractivity contribution in [2.45, 2.75) is 25.2 Å². The minimum absolute atomic E-state index is 0.0235. The first-order valence-corrected chi connectivity index (χ1v) is 10.7. The lowest BCUT2D eigenvalue weighted by Gasteiger charge is -2.21. The number of carbonyl (C=O) groups is 2. The van der Waals surface area contributed by atoms with Gasteiger partial charge in [0.1, 0.15) is 0 Å². The van der Waals surface area contributed by atoms with E-state index in [0.29, 0.717) is 11.4 Å². The van der Waals surface area contributed by atoms with Gasteiger partial charge in [0.05, 0.1) is 17.0 Å². The van der Waals surface area contributed by atoms with Crippen molar-refractivity contribution in [2.24, 2.45) is 4.99 Å². The number of hydrogen-bond acceptors (Lipinski definition) is 3. The van der Waals surface area contributed by atoms with Crippen LogP contribution in [-0.4, -0.2) is 30.7 Å². The second-order valence-corrected chi connectivity index (χ2v) is 7.88. The molecule has 0 unspecified atom stereocenters. The molecule has 1 aliphatic heterocycles. The van der Waals surface area contributed by atoms with Gasteiger partial charge in [-0.3, -0.25) is 9.59 Å². The van der Waals surface area contributed by atoms with Crippen molar-refractivity contribution in [3.05, 3.63) is 101 Å². The molecule has 0 fully saturated rings. The summed E-state index contributed by atoms with van der Waals surface area (Å²) >= 11 is 0. The zero-order valence-corrected chi connectivity index (χ0v) is 18.3. The van der Waals surface area contributed by atoms with Crippen LogP contribution in [0.3, 0.4) is 0 Å². The maximum Gasteiger partial charge on any atom is 0.416 e. The van der Waals surface area contributed by atoms with Gasteiger partial charge < -0.3 is 10.2 Å². The molecule has 1 N–H and O–H groups in total. The molecule has 8 heteroatoms. The maximum absolute atomic E-state index is 13.3. The van der Waals surface area contributed by atoms with Gasteiger partial charge in [0.25, 0.3) is 5.91 Å². The van der Waals surface area contributed by atoms with Gasteiger partial charge in [0.2, 0.25) is 12.1 Å². The predicted molar refractivity (Wildman–Crippen MR) is 124 cm³/mol. The van der Waals surface area contributed by atoms with Crippen molar-refractivity contribution in [3.63, 3.8) is 0 Å². The molecule has 0 bridgehead atoms. The van der Waals surface area contributed by atoms with Gasteiger partial charge in [0, 0.05) is 24.6 Å². The van der Waals surface area contributed by atoms with Crippen molar-refractivity contribution in [3.8, 4) is 0 Å². The van der Waals surface area contributed by atoms with Crippen molar-refractivity contribution in [2.75, 3.05) is 11.9 Å². The number of alkyl halides is 3. The molecule has 2 amide bonds. The lowest BCUT2D eigenvalue weighted by Crippen LogP contribution is -2.46. The number of nitrogens with zero attached hydrogens (tertiary/aromatic N) is 2. The Bertz CT molecular complexity index is 1240. The quantitative estimate of drug-likeness (QED) is 0.599. The third-order valence-electron chi connectivity index (χ3n) is 5.63. The van der Waals surface area contributed by atoms with Gasteiger partial charge in [-0.25, -0.2) is 4.99 Å². The molecule has 0 aromatic heterocycles. The number of aliphatic imine (C=N–C) groups is 1. The van der Waals surface area contributed by atoms with Crippen LogP contribution in [-0.2, 0) is 22.2 Å². The van der Waals surface area contributed by atoms with E-state index in [0.717, 1.165) is 17.2 Å². The molecule has 0 aliphatic carbocycles. The Kier molecular flexibility index (Phi) is 6.49. The number of halogens is 3. The third-order valence-corrected chi connectivity index (χ3v) is 5.63. The van der Waals surface area contributed by atoms with Gasteiger partial charge in [-0.1, -0.05) is 66.7 Å². The minimum Gasteiger partial charge on any atom is -0.327 e. The van der Waals surface area contributed by atoms with Crippen molar-refractivity contribution in [1.29, 1.82) is 0 Å². The fourth-order valence-electron chi connectivity index (χ4n) is 3.93. The van der Waals surface area contributed by atoms with E-state index in [1.807, 2.05) is 48.5 Å². The molecule has 34 heavy (non-hydrogen) atoms. The molecule has 0 saturated heterocycles. The van der Waals surface area contributed by atoms with Crippen molar-refractivity contribution >= 4 is 23.2 Å². The summed E-state index contributed by atoms with van der Waals surface area (Å²) < 4.78 is 39.8. The van der Waals surface area contributed by atoms with E-state index in [4.69, 9.17) is 0 Å². The highest BCUT2D eigenvalue weighted by Gasteiger charge is 2.33. The number of nitrogens with one attached hydrogen (secondary N) is 1. The fraction of sp³-hybridized carbons (Fsp3) is 0.192. The molecule has 174 valence electrons. The van der Waals surface area contributed by atoms with Gasteiger partial charge >= 0.3 is 6.18 Å². The SMILES string of the molecule is CN1C(=O)[C@H](NC(=O)CCc2ccccc2C(F)(F)F)N=C(c2ccccc2)c2ccccc21. The highest BCUT2D eigenvalue weighted by atomic mass is 19.4. The summed E-state index contributed by atoms with van der Waals surface area (Å²) in [6.45, 7) is 0. The molecule has 3 aromatic rings. The lowest BCUT2D eigenvalue weighted by molar-refractivity contribution is -0.138. The predicted octanol–water partition coefficient (Wildman–Crippen LogP) is 4.59. The summed E-state index contributed by atoms with van der Waals surface area (Å²) in [4.78, 5) is 31.8. The minimum atomic E-state index is -4.51. The summed E-state index contributed by atoms with van der Waals surface area (Å²) in [5.41, 5.74) is 1.95. The van der Waals surface area contributed by atoms with Crippen molar-refractivity contribution < 1.29 is 22.8 Å². The molecule has 1 heterocycles. The number of hydrogen-bond donors (Lipinski definition) is 1. The summed E-state index contributed by atoms with van der Waals surface area (Å²) in [5, 5.41) is 2.60. The van der Waals surface area contributed by atoms with E-state index in [9.17, 15) is 22.8 Å².